The summed E-state index contributed by atoms with van der Waals surface area (Å²) in [6.07, 6.45) is 2.32. The van der Waals surface area contributed by atoms with Crippen molar-refractivity contribution in [3.63, 3.8) is 0 Å². The fourth-order valence-electron chi connectivity index (χ4n) is 3.19. The maximum Gasteiger partial charge on any atom is 0.0922 e. The van der Waals surface area contributed by atoms with Gasteiger partial charge in [0.05, 0.1) is 6.10 Å². The maximum atomic E-state index is 10.6. The summed E-state index contributed by atoms with van der Waals surface area (Å²) in [6.45, 7) is 9.31. The lowest BCUT2D eigenvalue weighted by molar-refractivity contribution is 0.102. The fourth-order valence-corrected chi connectivity index (χ4v) is 3.19. The molecule has 0 amide bonds. The van der Waals surface area contributed by atoms with Gasteiger partial charge in [0.2, 0.25) is 0 Å². The van der Waals surface area contributed by atoms with Gasteiger partial charge in [0.25, 0.3) is 0 Å². The van der Waals surface area contributed by atoms with E-state index in [-0.39, 0.29) is 6.10 Å². The van der Waals surface area contributed by atoms with Crippen LogP contribution in [0.2, 0.25) is 0 Å². The van der Waals surface area contributed by atoms with E-state index < -0.39 is 0 Å². The van der Waals surface area contributed by atoms with Crippen LogP contribution in [0.4, 0.5) is 0 Å². The van der Waals surface area contributed by atoms with Crippen LogP contribution in [0.3, 0.4) is 0 Å². The van der Waals surface area contributed by atoms with E-state index in [1.54, 1.807) is 0 Å². The smallest absolute Gasteiger partial charge is 0.0922 e. The Morgan fingerprint density at radius 1 is 1.21 bits per heavy atom. The molecule has 2 nitrogen and oxygen atoms in total. The molecule has 106 valence electrons. The summed E-state index contributed by atoms with van der Waals surface area (Å²) in [5, 5.41) is 10.6. The summed E-state index contributed by atoms with van der Waals surface area (Å²) in [5.41, 5.74) is 4.79. The first kappa shape index (κ1) is 14.5. The molecule has 1 aliphatic carbocycles. The number of benzene rings is 1. The molecule has 0 radical (unpaired) electrons. The van der Waals surface area contributed by atoms with Gasteiger partial charge in [-0.25, -0.2) is 0 Å². The number of hydrogen-bond acceptors (Lipinski definition) is 2. The molecule has 2 rings (SSSR count). The van der Waals surface area contributed by atoms with E-state index >= 15 is 0 Å². The highest BCUT2D eigenvalue weighted by Gasteiger charge is 2.31. The van der Waals surface area contributed by atoms with Gasteiger partial charge in [-0.2, -0.15) is 0 Å². The van der Waals surface area contributed by atoms with E-state index in [9.17, 15) is 5.11 Å². The monoisotopic (exact) mass is 261 g/mol. The van der Waals surface area contributed by atoms with Crippen molar-refractivity contribution in [1.82, 2.24) is 4.90 Å². The first-order chi connectivity index (χ1) is 8.90. The molecule has 2 atom stereocenters. The molecule has 0 saturated heterocycles. The van der Waals surface area contributed by atoms with E-state index in [1.165, 1.54) is 29.5 Å². The van der Waals surface area contributed by atoms with Crippen molar-refractivity contribution in [3.8, 4) is 0 Å². The molecule has 1 aliphatic rings. The summed E-state index contributed by atoms with van der Waals surface area (Å²) in [5.74, 6) is 0.845. The Labute approximate surface area is 117 Å². The quantitative estimate of drug-likeness (QED) is 0.878. The van der Waals surface area contributed by atoms with Crippen LogP contribution in [0.5, 0.6) is 0 Å². The van der Waals surface area contributed by atoms with Gasteiger partial charge in [-0.1, -0.05) is 17.7 Å². The average molecular weight is 261 g/mol. The van der Waals surface area contributed by atoms with E-state index in [0.29, 0.717) is 6.04 Å². The van der Waals surface area contributed by atoms with Crippen LogP contribution in [0.25, 0.3) is 0 Å². The van der Waals surface area contributed by atoms with Gasteiger partial charge in [-0.3, -0.25) is 0 Å². The van der Waals surface area contributed by atoms with Gasteiger partial charge in [0, 0.05) is 12.6 Å². The zero-order valence-corrected chi connectivity index (χ0v) is 12.9. The van der Waals surface area contributed by atoms with Gasteiger partial charge < -0.3 is 10.0 Å². The minimum atomic E-state index is -0.383. The normalized spacial score (nSPS) is 18.7. The Bertz CT molecular complexity index is 428. The summed E-state index contributed by atoms with van der Waals surface area (Å²) in [7, 11) is 2.13. The number of rotatable bonds is 5. The molecule has 2 unspecified atom stereocenters. The molecule has 0 spiro atoms. The molecule has 0 heterocycles. The number of aliphatic hydroxyl groups excluding tert-OH is 1. The third-order valence-electron chi connectivity index (χ3n) is 4.53. The molecular weight excluding hydrogens is 234 g/mol. The SMILES string of the molecule is Cc1cc(C)c(C(O)CN(C)C(C)C2CC2)c(C)c1. The largest absolute Gasteiger partial charge is 0.387 e. The Morgan fingerprint density at radius 3 is 2.21 bits per heavy atom. The van der Waals surface area contributed by atoms with Crippen molar-refractivity contribution in [1.29, 1.82) is 0 Å². The highest BCUT2D eigenvalue weighted by molar-refractivity contribution is 5.39. The summed E-state index contributed by atoms with van der Waals surface area (Å²) in [6, 6.07) is 4.91. The zero-order chi connectivity index (χ0) is 14.2. The topological polar surface area (TPSA) is 23.5 Å². The van der Waals surface area contributed by atoms with Crippen molar-refractivity contribution >= 4 is 0 Å². The van der Waals surface area contributed by atoms with Crippen LogP contribution in [0, 0.1) is 26.7 Å². The average Bonchev–Trinajstić information content (AvgIpc) is 3.09. The van der Waals surface area contributed by atoms with Gasteiger partial charge in [0.1, 0.15) is 0 Å². The lowest BCUT2D eigenvalue weighted by Crippen LogP contribution is -2.34. The molecular formula is C17H27NO. The highest BCUT2D eigenvalue weighted by atomic mass is 16.3. The van der Waals surface area contributed by atoms with E-state index in [1.807, 2.05) is 0 Å². The predicted octanol–water partition coefficient (Wildman–Crippen LogP) is 3.38. The Balaban J connectivity index is 2.08. The number of likely N-dealkylation sites (N-methyl/N-ethyl adjacent to an activating group) is 1. The minimum Gasteiger partial charge on any atom is -0.387 e. The number of hydrogen-bond donors (Lipinski definition) is 1. The fraction of sp³-hybridized carbons (Fsp3) is 0.647. The predicted molar refractivity (Wildman–Crippen MR) is 80.4 cm³/mol. The van der Waals surface area contributed by atoms with Crippen molar-refractivity contribution in [3.05, 3.63) is 34.4 Å². The second-order valence-electron chi connectivity index (χ2n) is 6.35. The molecule has 1 saturated carbocycles. The van der Waals surface area contributed by atoms with Crippen molar-refractivity contribution in [2.75, 3.05) is 13.6 Å². The first-order valence-corrected chi connectivity index (χ1v) is 7.36. The molecule has 2 heteroatoms. The van der Waals surface area contributed by atoms with E-state index in [4.69, 9.17) is 0 Å². The Morgan fingerprint density at radius 2 is 1.74 bits per heavy atom. The van der Waals surface area contributed by atoms with Crippen molar-refractivity contribution < 1.29 is 5.11 Å². The molecule has 19 heavy (non-hydrogen) atoms. The molecule has 1 aromatic carbocycles. The summed E-state index contributed by atoms with van der Waals surface area (Å²) in [4.78, 5) is 2.31. The van der Waals surface area contributed by atoms with Gasteiger partial charge >= 0.3 is 0 Å². The third-order valence-corrected chi connectivity index (χ3v) is 4.53. The van der Waals surface area contributed by atoms with Crippen LogP contribution in [-0.2, 0) is 0 Å². The molecule has 0 aliphatic heterocycles. The molecule has 1 N–H and O–H groups in total. The van der Waals surface area contributed by atoms with Gasteiger partial charge in [0.15, 0.2) is 0 Å². The molecule has 1 aromatic rings. The molecule has 0 aromatic heterocycles. The zero-order valence-electron chi connectivity index (χ0n) is 12.9. The molecule has 0 bridgehead atoms. The summed E-state index contributed by atoms with van der Waals surface area (Å²) < 4.78 is 0. The van der Waals surface area contributed by atoms with Crippen LogP contribution >= 0.6 is 0 Å². The summed E-state index contributed by atoms with van der Waals surface area (Å²) >= 11 is 0. The van der Waals surface area contributed by atoms with Crippen LogP contribution in [-0.4, -0.2) is 29.6 Å². The second kappa shape index (κ2) is 5.64. The van der Waals surface area contributed by atoms with Crippen molar-refractivity contribution in [2.24, 2.45) is 5.92 Å². The minimum absolute atomic E-state index is 0.383. The molecule has 1 fully saturated rings. The lowest BCUT2D eigenvalue weighted by Gasteiger charge is -2.28. The van der Waals surface area contributed by atoms with E-state index in [2.05, 4.69) is 51.8 Å². The maximum absolute atomic E-state index is 10.6. The lowest BCUT2D eigenvalue weighted by atomic mass is 9.95. The van der Waals surface area contributed by atoms with Gasteiger partial charge in [-0.15, -0.1) is 0 Å². The second-order valence-corrected chi connectivity index (χ2v) is 6.35. The number of aliphatic hydroxyl groups is 1. The van der Waals surface area contributed by atoms with Crippen molar-refractivity contribution in [2.45, 2.75) is 52.7 Å². The van der Waals surface area contributed by atoms with Crippen LogP contribution < -0.4 is 0 Å². The number of aryl methyl sites for hydroxylation is 3. The standard InChI is InChI=1S/C17H27NO/c1-11-8-12(2)17(13(3)9-11)16(19)10-18(5)14(4)15-6-7-15/h8-9,14-16,19H,6-7,10H2,1-5H3. The highest BCUT2D eigenvalue weighted by Crippen LogP contribution is 2.35. The Kier molecular flexibility index (Phi) is 4.32. The number of nitrogens with zero attached hydrogens (tertiary/aromatic N) is 1. The Hall–Kier alpha value is -0.860. The third kappa shape index (κ3) is 3.37. The van der Waals surface area contributed by atoms with E-state index in [0.717, 1.165) is 18.0 Å². The first-order valence-electron chi connectivity index (χ1n) is 7.36. The van der Waals surface area contributed by atoms with Gasteiger partial charge in [-0.05, 0) is 70.2 Å². The van der Waals surface area contributed by atoms with Crippen LogP contribution in [0.1, 0.15) is 48.1 Å². The van der Waals surface area contributed by atoms with Crippen LogP contribution in [0.15, 0.2) is 12.1 Å².